The molecule has 0 amide bonds. The van der Waals surface area contributed by atoms with Crippen LogP contribution in [-0.4, -0.2) is 54.3 Å². The van der Waals surface area contributed by atoms with Gasteiger partial charge in [0.25, 0.3) is 0 Å². The van der Waals surface area contributed by atoms with Gasteiger partial charge in [-0.1, -0.05) is 18.2 Å². The number of aryl methyl sites for hydroxylation is 1. The molecular formula is C24H27N5O4S. The Bertz CT molecular complexity index is 1400. The van der Waals surface area contributed by atoms with Crippen molar-refractivity contribution in [1.29, 1.82) is 0 Å². The molecule has 2 aromatic heterocycles. The van der Waals surface area contributed by atoms with Crippen molar-refractivity contribution in [2.45, 2.75) is 19.9 Å². The number of H-pyrrole nitrogens is 1. The van der Waals surface area contributed by atoms with Crippen LogP contribution in [-0.2, 0) is 9.84 Å². The molecule has 0 saturated carbocycles. The lowest BCUT2D eigenvalue weighted by molar-refractivity contribution is 0.312. The zero-order chi connectivity index (χ0) is 24.3. The highest BCUT2D eigenvalue weighted by Crippen LogP contribution is 2.35. The summed E-state index contributed by atoms with van der Waals surface area (Å²) >= 11 is 0. The number of aromatic nitrogens is 4. The van der Waals surface area contributed by atoms with Crippen molar-refractivity contribution in [3.63, 3.8) is 0 Å². The van der Waals surface area contributed by atoms with Gasteiger partial charge in [-0.25, -0.2) is 18.4 Å². The molecule has 2 heterocycles. The molecule has 9 nitrogen and oxygen atoms in total. The highest BCUT2D eigenvalue weighted by molar-refractivity contribution is 7.90. The summed E-state index contributed by atoms with van der Waals surface area (Å²) in [6.45, 7) is 3.91. The van der Waals surface area contributed by atoms with Gasteiger partial charge in [0.05, 0.1) is 24.6 Å². The zero-order valence-corrected chi connectivity index (χ0v) is 20.3. The fraction of sp³-hybridized carbons (Fsp3) is 0.292. The highest BCUT2D eigenvalue weighted by atomic mass is 32.2. The fourth-order valence-corrected chi connectivity index (χ4v) is 4.01. The van der Waals surface area contributed by atoms with Crippen LogP contribution in [0.2, 0.25) is 0 Å². The predicted octanol–water partition coefficient (Wildman–Crippen LogP) is 3.93. The molecule has 0 radical (unpaired) electrons. The summed E-state index contributed by atoms with van der Waals surface area (Å²) in [4.78, 5) is 9.17. The summed E-state index contributed by atoms with van der Waals surface area (Å²) in [7, 11) is -1.61. The first-order chi connectivity index (χ1) is 16.2. The molecule has 178 valence electrons. The number of anilines is 1. The molecule has 0 fully saturated rings. The molecule has 2 N–H and O–H groups in total. The van der Waals surface area contributed by atoms with Crippen molar-refractivity contribution < 1.29 is 17.9 Å². The Balaban J connectivity index is 1.66. The van der Waals surface area contributed by atoms with Gasteiger partial charge in [-0.3, -0.25) is 5.10 Å². The number of rotatable bonds is 9. The maximum atomic E-state index is 11.5. The molecule has 1 unspecified atom stereocenters. The summed E-state index contributed by atoms with van der Waals surface area (Å²) in [5.41, 5.74) is 3.86. The quantitative estimate of drug-likeness (QED) is 0.369. The molecular weight excluding hydrogens is 454 g/mol. The van der Waals surface area contributed by atoms with Crippen LogP contribution in [0, 0.1) is 6.92 Å². The molecule has 4 rings (SSSR count). The Labute approximate surface area is 198 Å². The Kier molecular flexibility index (Phi) is 6.69. The van der Waals surface area contributed by atoms with Crippen LogP contribution in [0.1, 0.15) is 24.4 Å². The first-order valence-corrected chi connectivity index (χ1v) is 12.8. The lowest BCUT2D eigenvalue weighted by Crippen LogP contribution is -2.13. The number of methoxy groups -OCH3 is 1. The van der Waals surface area contributed by atoms with Gasteiger partial charge in [-0.05, 0) is 37.1 Å². The van der Waals surface area contributed by atoms with Crippen LogP contribution in [0.3, 0.4) is 0 Å². The van der Waals surface area contributed by atoms with Gasteiger partial charge in [0.2, 0.25) is 0 Å². The lowest BCUT2D eigenvalue weighted by Gasteiger charge is -2.19. The minimum Gasteiger partial charge on any atom is -0.493 e. The molecule has 34 heavy (non-hydrogen) atoms. The molecule has 1 atom stereocenters. The third-order valence-electron chi connectivity index (χ3n) is 5.38. The fourth-order valence-electron chi connectivity index (χ4n) is 3.62. The van der Waals surface area contributed by atoms with E-state index in [1.54, 1.807) is 18.3 Å². The van der Waals surface area contributed by atoms with Gasteiger partial charge < -0.3 is 14.8 Å². The summed E-state index contributed by atoms with van der Waals surface area (Å²) in [6.07, 6.45) is 4.82. The van der Waals surface area contributed by atoms with Gasteiger partial charge in [0, 0.05) is 35.5 Å². The Hall–Kier alpha value is -3.66. The van der Waals surface area contributed by atoms with Gasteiger partial charge in [0.15, 0.2) is 21.3 Å². The zero-order valence-electron chi connectivity index (χ0n) is 19.5. The minimum atomic E-state index is -3.15. The Morgan fingerprint density at radius 1 is 1.12 bits per heavy atom. The maximum absolute atomic E-state index is 11.5. The van der Waals surface area contributed by atoms with E-state index in [0.29, 0.717) is 28.7 Å². The van der Waals surface area contributed by atoms with Gasteiger partial charge in [-0.15, -0.1) is 0 Å². The van der Waals surface area contributed by atoms with E-state index in [9.17, 15) is 8.42 Å². The summed E-state index contributed by atoms with van der Waals surface area (Å²) < 4.78 is 34.2. The summed E-state index contributed by atoms with van der Waals surface area (Å²) in [5.74, 6) is 2.09. The van der Waals surface area contributed by atoms with Crippen molar-refractivity contribution in [3.05, 3.63) is 60.2 Å². The molecule has 0 bridgehead atoms. The van der Waals surface area contributed by atoms with Gasteiger partial charge >= 0.3 is 0 Å². The number of aromatic amines is 1. The van der Waals surface area contributed by atoms with Crippen molar-refractivity contribution in [2.24, 2.45) is 0 Å². The van der Waals surface area contributed by atoms with E-state index in [2.05, 4.69) is 44.5 Å². The molecule has 0 saturated heterocycles. The van der Waals surface area contributed by atoms with Crippen LogP contribution in [0.5, 0.6) is 11.5 Å². The average molecular weight is 482 g/mol. The van der Waals surface area contributed by atoms with Crippen molar-refractivity contribution in [3.8, 4) is 22.6 Å². The topological polar surface area (TPSA) is 119 Å². The SMILES string of the molecule is COc1cc2nc(C)nc(NC(C)c3cccc(-c4cn[nH]c4)c3)c2cc1OCCS(C)(=O)=O. The van der Waals surface area contributed by atoms with E-state index in [4.69, 9.17) is 9.47 Å². The van der Waals surface area contributed by atoms with Gasteiger partial charge in [-0.2, -0.15) is 5.10 Å². The number of nitrogens with zero attached hydrogens (tertiary/aromatic N) is 3. The number of hydrogen-bond donors (Lipinski definition) is 2. The molecule has 0 aliphatic carbocycles. The first kappa shape index (κ1) is 23.5. The third kappa shape index (κ3) is 5.45. The normalized spacial score (nSPS) is 12.5. The van der Waals surface area contributed by atoms with E-state index >= 15 is 0 Å². The third-order valence-corrected chi connectivity index (χ3v) is 6.28. The number of ether oxygens (including phenoxy) is 2. The highest BCUT2D eigenvalue weighted by Gasteiger charge is 2.16. The van der Waals surface area contributed by atoms with Crippen molar-refractivity contribution >= 4 is 26.6 Å². The number of sulfone groups is 1. The second-order valence-electron chi connectivity index (χ2n) is 8.10. The van der Waals surface area contributed by atoms with E-state index in [-0.39, 0.29) is 18.4 Å². The van der Waals surface area contributed by atoms with Crippen LogP contribution < -0.4 is 14.8 Å². The molecule has 2 aromatic carbocycles. The molecule has 0 spiro atoms. The summed E-state index contributed by atoms with van der Waals surface area (Å²) in [5, 5.41) is 11.1. The van der Waals surface area contributed by atoms with Gasteiger partial charge in [0.1, 0.15) is 18.2 Å². The Morgan fingerprint density at radius 3 is 2.65 bits per heavy atom. The van der Waals surface area contributed by atoms with Crippen LogP contribution in [0.25, 0.3) is 22.0 Å². The number of nitrogens with one attached hydrogen (secondary N) is 2. The second kappa shape index (κ2) is 9.68. The van der Waals surface area contributed by atoms with E-state index in [1.165, 1.54) is 13.4 Å². The van der Waals surface area contributed by atoms with E-state index in [1.807, 2.05) is 25.3 Å². The largest absolute Gasteiger partial charge is 0.493 e. The number of hydrogen-bond acceptors (Lipinski definition) is 8. The molecule has 0 aliphatic rings. The standard InChI is InChI=1S/C24H27N5O4S/c1-15(17-6-5-7-18(10-17)19-13-25-26-14-19)27-24-20-11-23(33-8-9-34(4,30)31)22(32-3)12-21(20)28-16(2)29-24/h5-7,10-15H,8-9H2,1-4H3,(H,25,26)(H,27,28,29). The molecule has 0 aliphatic heterocycles. The van der Waals surface area contributed by atoms with Crippen molar-refractivity contribution in [1.82, 2.24) is 20.2 Å². The smallest absolute Gasteiger partial charge is 0.162 e. The van der Waals surface area contributed by atoms with Crippen LogP contribution >= 0.6 is 0 Å². The molecule has 4 aromatic rings. The number of fused-ring (bicyclic) bond motifs is 1. The Morgan fingerprint density at radius 2 is 1.94 bits per heavy atom. The van der Waals surface area contributed by atoms with Crippen LogP contribution in [0.4, 0.5) is 5.82 Å². The van der Waals surface area contributed by atoms with Crippen molar-refractivity contribution in [2.75, 3.05) is 31.0 Å². The van der Waals surface area contributed by atoms with E-state index < -0.39 is 9.84 Å². The predicted molar refractivity (Wildman–Crippen MR) is 132 cm³/mol. The second-order valence-corrected chi connectivity index (χ2v) is 10.4. The molecule has 10 heteroatoms. The monoisotopic (exact) mass is 481 g/mol. The van der Waals surface area contributed by atoms with Crippen LogP contribution in [0.15, 0.2) is 48.8 Å². The number of benzene rings is 2. The lowest BCUT2D eigenvalue weighted by atomic mass is 10.0. The van der Waals surface area contributed by atoms with E-state index in [0.717, 1.165) is 22.1 Å². The average Bonchev–Trinajstić information content (AvgIpc) is 3.33. The minimum absolute atomic E-state index is 0.0212. The summed E-state index contributed by atoms with van der Waals surface area (Å²) in [6, 6.07) is 11.7. The maximum Gasteiger partial charge on any atom is 0.162 e. The first-order valence-electron chi connectivity index (χ1n) is 10.8.